The molecule has 2 aromatic carbocycles. The zero-order valence-electron chi connectivity index (χ0n) is 22.7. The molecule has 0 saturated heterocycles. The van der Waals surface area contributed by atoms with Gasteiger partial charge in [0.05, 0.1) is 28.3 Å². The van der Waals surface area contributed by atoms with Crippen LogP contribution in [0.2, 0.25) is 0 Å². The standard InChI is InChI=1S/C29H32N8O3/c1-4-22(34-27-21(17-30)18(2)32-19(3)33-27)28-35-24-14-10-13-23(31-16-9-8-15-25(38)36-40)26(24)29(39)37(28)20-11-6-5-7-12-20/h5-7,10-14,22,31,40H,4,8-9,15-16H2,1-3H3,(H,36,38)(H,32,33,34)/t22-/m0/s1. The maximum absolute atomic E-state index is 14.2. The molecule has 0 unspecified atom stereocenters. The number of benzene rings is 2. The minimum atomic E-state index is -0.438. The fourth-order valence-electron chi connectivity index (χ4n) is 4.61. The van der Waals surface area contributed by atoms with Gasteiger partial charge in [-0.1, -0.05) is 31.2 Å². The number of hydroxylamine groups is 1. The Hall–Kier alpha value is -4.82. The number of hydrogen-bond donors (Lipinski definition) is 4. The zero-order valence-corrected chi connectivity index (χ0v) is 22.7. The minimum Gasteiger partial charge on any atom is -0.384 e. The molecule has 0 fully saturated rings. The maximum Gasteiger partial charge on any atom is 0.268 e. The van der Waals surface area contributed by atoms with Crippen LogP contribution in [0.15, 0.2) is 53.3 Å². The van der Waals surface area contributed by atoms with Gasteiger partial charge in [-0.2, -0.15) is 5.26 Å². The lowest BCUT2D eigenvalue weighted by Crippen LogP contribution is -2.29. The molecule has 0 spiro atoms. The summed E-state index contributed by atoms with van der Waals surface area (Å²) in [4.78, 5) is 39.2. The smallest absolute Gasteiger partial charge is 0.268 e. The summed E-state index contributed by atoms with van der Waals surface area (Å²) in [6, 6.07) is 16.5. The summed E-state index contributed by atoms with van der Waals surface area (Å²) in [5, 5.41) is 25.6. The third-order valence-electron chi connectivity index (χ3n) is 6.55. The van der Waals surface area contributed by atoms with Gasteiger partial charge in [0, 0.05) is 18.7 Å². The predicted molar refractivity (Wildman–Crippen MR) is 152 cm³/mol. The Morgan fingerprint density at radius 2 is 1.85 bits per heavy atom. The number of anilines is 2. The number of amides is 1. The highest BCUT2D eigenvalue weighted by Gasteiger charge is 2.23. The van der Waals surface area contributed by atoms with Gasteiger partial charge in [-0.3, -0.25) is 19.4 Å². The maximum atomic E-state index is 14.2. The normalized spacial score (nSPS) is 11.6. The van der Waals surface area contributed by atoms with E-state index in [1.165, 1.54) is 0 Å². The second-order valence-corrected chi connectivity index (χ2v) is 9.36. The first-order chi connectivity index (χ1) is 19.4. The molecule has 2 heterocycles. The SMILES string of the molecule is CC[C@H](Nc1nc(C)nc(C)c1C#N)c1nc2cccc(NCCCCC(=O)NO)c2c(=O)n1-c1ccccc1. The van der Waals surface area contributed by atoms with Crippen LogP contribution in [0.5, 0.6) is 0 Å². The molecule has 4 rings (SSSR count). The van der Waals surface area contributed by atoms with Crippen molar-refractivity contribution in [1.29, 1.82) is 5.26 Å². The van der Waals surface area contributed by atoms with Crippen LogP contribution >= 0.6 is 0 Å². The lowest BCUT2D eigenvalue weighted by atomic mass is 10.1. The molecule has 0 saturated carbocycles. The lowest BCUT2D eigenvalue weighted by Gasteiger charge is -2.23. The van der Waals surface area contributed by atoms with E-state index in [4.69, 9.17) is 10.2 Å². The fourth-order valence-corrected chi connectivity index (χ4v) is 4.61. The number of aryl methyl sites for hydroxylation is 2. The highest BCUT2D eigenvalue weighted by atomic mass is 16.5. The molecule has 11 heteroatoms. The molecule has 11 nitrogen and oxygen atoms in total. The number of unbranched alkanes of at least 4 members (excludes halogenated alkanes) is 1. The number of aromatic nitrogens is 4. The van der Waals surface area contributed by atoms with Crippen LogP contribution in [0.3, 0.4) is 0 Å². The first kappa shape index (κ1) is 28.2. The van der Waals surface area contributed by atoms with E-state index >= 15 is 0 Å². The number of rotatable bonds is 11. The molecule has 4 N–H and O–H groups in total. The number of carbonyl (C=O) groups is 1. The number of nitrogens with one attached hydrogen (secondary N) is 3. The Morgan fingerprint density at radius 1 is 1.07 bits per heavy atom. The molecule has 0 bridgehead atoms. The summed E-state index contributed by atoms with van der Waals surface area (Å²) in [7, 11) is 0. The largest absolute Gasteiger partial charge is 0.384 e. The summed E-state index contributed by atoms with van der Waals surface area (Å²) >= 11 is 0. The number of carbonyl (C=O) groups excluding carboxylic acids is 1. The molecule has 4 aromatic rings. The van der Waals surface area contributed by atoms with Gasteiger partial charge in [0.25, 0.3) is 5.56 Å². The van der Waals surface area contributed by atoms with Crippen molar-refractivity contribution in [3.05, 3.63) is 81.8 Å². The Kier molecular flexibility index (Phi) is 9.04. The number of nitriles is 1. The van der Waals surface area contributed by atoms with Crippen molar-refractivity contribution in [3.8, 4) is 11.8 Å². The first-order valence-electron chi connectivity index (χ1n) is 13.2. The van der Waals surface area contributed by atoms with Crippen LogP contribution in [-0.2, 0) is 4.79 Å². The number of fused-ring (bicyclic) bond motifs is 1. The second kappa shape index (κ2) is 12.8. The lowest BCUT2D eigenvalue weighted by molar-refractivity contribution is -0.129. The summed E-state index contributed by atoms with van der Waals surface area (Å²) in [5.74, 6) is 1.00. The van der Waals surface area contributed by atoms with E-state index in [1.807, 2.05) is 49.4 Å². The fraction of sp³-hybridized carbons (Fsp3) is 0.310. The summed E-state index contributed by atoms with van der Waals surface area (Å²) in [6.07, 6.45) is 2.03. The van der Waals surface area contributed by atoms with Gasteiger partial charge in [0.1, 0.15) is 29.1 Å². The molecule has 0 radical (unpaired) electrons. The molecule has 206 valence electrons. The highest BCUT2D eigenvalue weighted by molar-refractivity contribution is 5.91. The van der Waals surface area contributed by atoms with Gasteiger partial charge in [0.15, 0.2) is 0 Å². The quantitative estimate of drug-likeness (QED) is 0.124. The van der Waals surface area contributed by atoms with Gasteiger partial charge >= 0.3 is 0 Å². The number of hydrogen-bond acceptors (Lipinski definition) is 9. The zero-order chi connectivity index (χ0) is 28.6. The van der Waals surface area contributed by atoms with Gasteiger partial charge < -0.3 is 10.6 Å². The van der Waals surface area contributed by atoms with Gasteiger partial charge in [-0.05, 0) is 57.4 Å². The molecular formula is C29H32N8O3. The number of nitrogens with zero attached hydrogens (tertiary/aromatic N) is 5. The van der Waals surface area contributed by atoms with E-state index in [-0.39, 0.29) is 12.0 Å². The van der Waals surface area contributed by atoms with E-state index in [1.54, 1.807) is 30.0 Å². The van der Waals surface area contributed by atoms with Gasteiger partial charge in [-0.15, -0.1) is 0 Å². The first-order valence-corrected chi connectivity index (χ1v) is 13.2. The van der Waals surface area contributed by atoms with Crippen LogP contribution in [0.4, 0.5) is 11.5 Å². The molecule has 2 aromatic heterocycles. The van der Waals surface area contributed by atoms with Crippen LogP contribution in [0.25, 0.3) is 16.6 Å². The van der Waals surface area contributed by atoms with E-state index in [9.17, 15) is 14.9 Å². The second-order valence-electron chi connectivity index (χ2n) is 9.36. The van der Waals surface area contributed by atoms with E-state index in [2.05, 4.69) is 26.7 Å². The van der Waals surface area contributed by atoms with Crippen molar-refractivity contribution < 1.29 is 10.0 Å². The molecular weight excluding hydrogens is 508 g/mol. The Bertz CT molecular complexity index is 1610. The summed E-state index contributed by atoms with van der Waals surface area (Å²) < 4.78 is 1.60. The van der Waals surface area contributed by atoms with Crippen molar-refractivity contribution in [2.45, 2.75) is 52.5 Å². The molecule has 1 atom stereocenters. The van der Waals surface area contributed by atoms with E-state index in [0.29, 0.717) is 76.8 Å². The molecule has 0 aliphatic heterocycles. The Labute approximate surface area is 231 Å². The predicted octanol–water partition coefficient (Wildman–Crippen LogP) is 4.32. The van der Waals surface area contributed by atoms with E-state index in [0.717, 1.165) is 0 Å². The van der Waals surface area contributed by atoms with Crippen molar-refractivity contribution in [3.63, 3.8) is 0 Å². The molecule has 0 aliphatic carbocycles. The average molecular weight is 541 g/mol. The van der Waals surface area contributed by atoms with Crippen molar-refractivity contribution >= 4 is 28.3 Å². The highest BCUT2D eigenvalue weighted by Crippen LogP contribution is 2.28. The van der Waals surface area contributed by atoms with Gasteiger partial charge in [0.2, 0.25) is 5.91 Å². The monoisotopic (exact) mass is 540 g/mol. The van der Waals surface area contributed by atoms with Crippen molar-refractivity contribution in [1.82, 2.24) is 25.0 Å². The number of para-hydroxylation sites is 1. The van der Waals surface area contributed by atoms with Crippen molar-refractivity contribution in [2.75, 3.05) is 17.2 Å². The third-order valence-corrected chi connectivity index (χ3v) is 6.55. The van der Waals surface area contributed by atoms with Crippen LogP contribution in [-0.4, -0.2) is 37.2 Å². The molecule has 1 amide bonds. The summed E-state index contributed by atoms with van der Waals surface area (Å²) in [5.41, 5.74) is 4.17. The Morgan fingerprint density at radius 3 is 2.55 bits per heavy atom. The third kappa shape index (κ3) is 6.08. The average Bonchev–Trinajstić information content (AvgIpc) is 2.95. The minimum absolute atomic E-state index is 0.212. The van der Waals surface area contributed by atoms with Crippen molar-refractivity contribution in [2.24, 2.45) is 0 Å². The van der Waals surface area contributed by atoms with E-state index < -0.39 is 11.9 Å². The molecule has 0 aliphatic rings. The molecule has 40 heavy (non-hydrogen) atoms. The van der Waals surface area contributed by atoms with Crippen LogP contribution in [0, 0.1) is 25.2 Å². The van der Waals surface area contributed by atoms with Crippen LogP contribution < -0.4 is 21.7 Å². The summed E-state index contributed by atoms with van der Waals surface area (Å²) in [6.45, 7) is 6.05. The van der Waals surface area contributed by atoms with Gasteiger partial charge in [-0.25, -0.2) is 20.4 Å². The van der Waals surface area contributed by atoms with Crippen LogP contribution in [0.1, 0.15) is 61.6 Å². The Balaban J connectivity index is 1.79. The topological polar surface area (TPSA) is 158 Å².